The molecule has 2 nitrogen and oxygen atoms in total. The number of fused-ring (bicyclic) bond motifs is 3. The second kappa shape index (κ2) is 5.62. The number of Topliss-reactive ketones (excluding diaryl/α,β-unsaturated/α-hetero) is 1. The fourth-order valence-electron chi connectivity index (χ4n) is 5.75. The number of allylic oxidation sites excluding steroid dienone is 3. The van der Waals surface area contributed by atoms with Gasteiger partial charge < -0.3 is 0 Å². The zero-order chi connectivity index (χ0) is 19.9. The molecule has 27 heavy (non-hydrogen) atoms. The Kier molecular flexibility index (Phi) is 3.96. The number of carbonyl (C=O) groups excluding carboxylic acids is 1. The van der Waals surface area contributed by atoms with Crippen LogP contribution < -0.4 is 0 Å². The zero-order valence-corrected chi connectivity index (χ0v) is 20.5. The molecule has 0 radical (unpaired) electrons. The van der Waals surface area contributed by atoms with Gasteiger partial charge in [0.1, 0.15) is 0 Å². The molecule has 142 valence electrons. The average Bonchev–Trinajstić information content (AvgIpc) is 2.90. The number of ketones is 1. The van der Waals surface area contributed by atoms with E-state index in [2.05, 4.69) is 90.3 Å². The second-order valence-corrected chi connectivity index (χ2v) is 24.6. The molecule has 0 spiro atoms. The Morgan fingerprint density at radius 2 is 1.85 bits per heavy atom. The van der Waals surface area contributed by atoms with E-state index in [0.717, 1.165) is 0 Å². The zero-order valence-electron chi connectivity index (χ0n) is 17.7. The van der Waals surface area contributed by atoms with Crippen LogP contribution in [0.1, 0.15) is 37.8 Å². The molecule has 1 aromatic heterocycles. The molecular formula is C24H31NOSn. The van der Waals surface area contributed by atoms with Crippen LogP contribution in [0, 0.1) is 11.3 Å². The van der Waals surface area contributed by atoms with E-state index in [4.69, 9.17) is 0 Å². The number of aromatic nitrogens is 1. The van der Waals surface area contributed by atoms with Crippen molar-refractivity contribution in [2.45, 2.75) is 46.9 Å². The summed E-state index contributed by atoms with van der Waals surface area (Å²) in [6.45, 7) is 11.0. The SMILES string of the molecule is C=C[C@]1(C)[C]([Sn]([CH3])([CH3])[CH3])=C[C@H]2C(=O)[C@@H]1c1cccc3c1c(cn3C)C2(C)C. The molecule has 2 aliphatic rings. The summed E-state index contributed by atoms with van der Waals surface area (Å²) in [5, 5.41) is 1.29. The molecule has 1 heterocycles. The molecular weight excluding hydrogens is 437 g/mol. The molecule has 2 aromatic rings. The van der Waals surface area contributed by atoms with Gasteiger partial charge >= 0.3 is 168 Å². The maximum absolute atomic E-state index is 13.9. The molecule has 0 amide bonds. The quantitative estimate of drug-likeness (QED) is 0.407. The van der Waals surface area contributed by atoms with E-state index in [1.165, 1.54) is 22.0 Å². The third kappa shape index (κ3) is 2.35. The van der Waals surface area contributed by atoms with Crippen LogP contribution in [0.5, 0.6) is 0 Å². The normalized spacial score (nSPS) is 29.4. The summed E-state index contributed by atoms with van der Waals surface area (Å²) in [4.78, 5) is 21.3. The van der Waals surface area contributed by atoms with Crippen LogP contribution >= 0.6 is 0 Å². The standard InChI is InChI=1S/C21H22NO.3CH3.Sn/c1-6-21(4)11-10-14-19(23)18(21)13-8-7-9-16-17(13)15(12-22(16)5)20(14,2)3;;;;/h6-10,12,14,18H,1H2,2-5H3;3*1H3;/t14-,18-,21+;;;;/m0..../s1. The van der Waals surface area contributed by atoms with Gasteiger partial charge in [0.25, 0.3) is 0 Å². The van der Waals surface area contributed by atoms with Crippen molar-refractivity contribution < 1.29 is 4.79 Å². The summed E-state index contributed by atoms with van der Waals surface area (Å²) >= 11 is -2.46. The molecule has 4 rings (SSSR count). The van der Waals surface area contributed by atoms with E-state index in [9.17, 15) is 4.79 Å². The minimum atomic E-state index is -2.46. The number of hydrogen-bond acceptors (Lipinski definition) is 1. The molecule has 0 N–H and O–H groups in total. The maximum atomic E-state index is 13.9. The van der Waals surface area contributed by atoms with Gasteiger partial charge in [0, 0.05) is 0 Å². The van der Waals surface area contributed by atoms with Gasteiger partial charge in [-0.25, -0.2) is 0 Å². The molecule has 1 aromatic carbocycles. The van der Waals surface area contributed by atoms with Crippen LogP contribution in [0.4, 0.5) is 0 Å². The average molecular weight is 468 g/mol. The van der Waals surface area contributed by atoms with Gasteiger partial charge in [-0.2, -0.15) is 0 Å². The van der Waals surface area contributed by atoms with Crippen molar-refractivity contribution in [3.05, 3.63) is 57.8 Å². The van der Waals surface area contributed by atoms with Crippen LogP contribution in [0.15, 0.2) is 46.7 Å². The van der Waals surface area contributed by atoms with Gasteiger partial charge in [-0.1, -0.05) is 0 Å². The van der Waals surface area contributed by atoms with Crippen LogP contribution in [-0.2, 0) is 17.3 Å². The summed E-state index contributed by atoms with van der Waals surface area (Å²) in [6.07, 6.45) is 6.70. The summed E-state index contributed by atoms with van der Waals surface area (Å²) in [5.41, 5.74) is 3.23. The summed E-state index contributed by atoms with van der Waals surface area (Å²) in [5.74, 6) is 0.162. The third-order valence-electron chi connectivity index (χ3n) is 7.17. The Labute approximate surface area is 167 Å². The van der Waals surface area contributed by atoms with Crippen molar-refractivity contribution >= 4 is 35.1 Å². The molecule has 2 bridgehead atoms. The number of nitrogens with zero attached hydrogens (tertiary/aromatic N) is 1. The Bertz CT molecular complexity index is 1020. The number of benzene rings is 1. The first kappa shape index (κ1) is 19.0. The van der Waals surface area contributed by atoms with Gasteiger partial charge in [0.05, 0.1) is 0 Å². The van der Waals surface area contributed by atoms with Crippen molar-refractivity contribution in [2.24, 2.45) is 18.4 Å². The van der Waals surface area contributed by atoms with Crippen LogP contribution in [0.3, 0.4) is 0 Å². The Morgan fingerprint density at radius 1 is 1.19 bits per heavy atom. The van der Waals surface area contributed by atoms with Gasteiger partial charge in [-0.3, -0.25) is 0 Å². The summed E-state index contributed by atoms with van der Waals surface area (Å²) in [6, 6.07) is 6.49. The monoisotopic (exact) mass is 469 g/mol. The van der Waals surface area contributed by atoms with Crippen molar-refractivity contribution in [3.63, 3.8) is 0 Å². The van der Waals surface area contributed by atoms with E-state index in [1.807, 2.05) is 0 Å². The van der Waals surface area contributed by atoms with Gasteiger partial charge in [-0.05, 0) is 0 Å². The third-order valence-corrected chi connectivity index (χ3v) is 13.8. The minimum absolute atomic E-state index is 0.0700. The van der Waals surface area contributed by atoms with E-state index in [1.54, 1.807) is 3.59 Å². The molecule has 0 fully saturated rings. The first-order valence-corrected chi connectivity index (χ1v) is 19.9. The molecule has 0 saturated carbocycles. The fraction of sp³-hybridized carbons (Fsp3) is 0.458. The topological polar surface area (TPSA) is 22.0 Å². The Morgan fingerprint density at radius 3 is 2.44 bits per heavy atom. The number of hydrogen-bond donors (Lipinski definition) is 0. The molecule has 3 heteroatoms. The predicted octanol–water partition coefficient (Wildman–Crippen LogP) is 5.75. The summed E-state index contributed by atoms with van der Waals surface area (Å²) in [7, 11) is 2.12. The van der Waals surface area contributed by atoms with Gasteiger partial charge in [0.2, 0.25) is 0 Å². The van der Waals surface area contributed by atoms with Crippen LogP contribution in [0.25, 0.3) is 10.9 Å². The van der Waals surface area contributed by atoms with Crippen molar-refractivity contribution in [1.82, 2.24) is 4.57 Å². The number of rotatable bonds is 2. The Hall–Kier alpha value is -1.29. The summed E-state index contributed by atoms with van der Waals surface area (Å²) < 4.78 is 3.77. The number of carbonyl (C=O) groups is 1. The first-order chi connectivity index (χ1) is 12.4. The van der Waals surface area contributed by atoms with Crippen LogP contribution in [-0.4, -0.2) is 28.7 Å². The first-order valence-electron chi connectivity index (χ1n) is 9.93. The molecule has 3 atom stereocenters. The van der Waals surface area contributed by atoms with E-state index in [0.29, 0.717) is 5.78 Å². The van der Waals surface area contributed by atoms with E-state index >= 15 is 0 Å². The van der Waals surface area contributed by atoms with Gasteiger partial charge in [-0.15, -0.1) is 0 Å². The van der Waals surface area contributed by atoms with Crippen molar-refractivity contribution in [2.75, 3.05) is 0 Å². The molecule has 0 saturated heterocycles. The van der Waals surface area contributed by atoms with Gasteiger partial charge in [0.15, 0.2) is 0 Å². The van der Waals surface area contributed by atoms with Crippen molar-refractivity contribution in [1.29, 1.82) is 0 Å². The molecule has 0 unspecified atom stereocenters. The molecule has 2 aliphatic carbocycles. The second-order valence-electron chi connectivity index (χ2n) is 10.2. The molecule has 0 aliphatic heterocycles. The van der Waals surface area contributed by atoms with Crippen molar-refractivity contribution in [3.8, 4) is 0 Å². The van der Waals surface area contributed by atoms with Crippen LogP contribution in [0.2, 0.25) is 14.8 Å². The predicted molar refractivity (Wildman–Crippen MR) is 117 cm³/mol. The number of aryl methyl sites for hydroxylation is 1. The van der Waals surface area contributed by atoms with E-state index < -0.39 is 18.4 Å². The Balaban J connectivity index is 2.19. The van der Waals surface area contributed by atoms with E-state index in [-0.39, 0.29) is 22.7 Å². The fourth-order valence-corrected chi connectivity index (χ4v) is 13.0.